The van der Waals surface area contributed by atoms with Crippen LogP contribution in [-0.4, -0.2) is 51.3 Å². The van der Waals surface area contributed by atoms with Crippen LogP contribution in [0.5, 0.6) is 0 Å². The number of likely N-dealkylation sites (tertiary alicyclic amines) is 1. The summed E-state index contributed by atoms with van der Waals surface area (Å²) in [4.78, 5) is 14.3. The monoisotopic (exact) mass is 295 g/mol. The highest BCUT2D eigenvalue weighted by atomic mass is 16.5. The molecule has 0 saturated carbocycles. The molecule has 1 aromatic heterocycles. The predicted octanol–water partition coefficient (Wildman–Crippen LogP) is 1.61. The third-order valence-electron chi connectivity index (χ3n) is 3.80. The lowest BCUT2D eigenvalue weighted by molar-refractivity contribution is 0.155. The Hall–Kier alpha value is -1.53. The van der Waals surface area contributed by atoms with Crippen molar-refractivity contribution in [1.29, 1.82) is 0 Å². The van der Waals surface area contributed by atoms with E-state index in [9.17, 15) is 4.79 Å². The molecule has 118 valence electrons. The van der Waals surface area contributed by atoms with Gasteiger partial charge in [0.15, 0.2) is 0 Å². The van der Waals surface area contributed by atoms with Crippen LogP contribution in [0.4, 0.5) is 4.79 Å². The molecule has 2 N–H and O–H groups in total. The summed E-state index contributed by atoms with van der Waals surface area (Å²) >= 11 is 0. The SMILES string of the molecule is COC[C@@H](NC(=O)NC[C@H]1CCCN(C)C1)c1ccco1. The number of carbonyl (C=O) groups excluding carboxylic acids is 1. The molecular weight excluding hydrogens is 270 g/mol. The van der Waals surface area contributed by atoms with Gasteiger partial charge in [-0.15, -0.1) is 0 Å². The number of ether oxygens (including phenoxy) is 1. The van der Waals surface area contributed by atoms with E-state index < -0.39 is 0 Å². The minimum absolute atomic E-state index is 0.179. The highest BCUT2D eigenvalue weighted by Gasteiger charge is 2.20. The second-order valence-electron chi connectivity index (χ2n) is 5.65. The fraction of sp³-hybridized carbons (Fsp3) is 0.667. The Morgan fingerprint density at radius 1 is 1.62 bits per heavy atom. The normalized spacial score (nSPS) is 21.0. The molecule has 6 nitrogen and oxygen atoms in total. The van der Waals surface area contributed by atoms with Gasteiger partial charge in [0.05, 0.1) is 12.9 Å². The molecule has 0 bridgehead atoms. The Kier molecular flexibility index (Phi) is 6.07. The third kappa shape index (κ3) is 5.06. The third-order valence-corrected chi connectivity index (χ3v) is 3.80. The van der Waals surface area contributed by atoms with E-state index in [0.29, 0.717) is 24.8 Å². The standard InChI is InChI=1S/C15H25N3O3/c1-18-7-3-5-12(10-18)9-16-15(19)17-13(11-20-2)14-6-4-8-21-14/h4,6,8,12-13H,3,5,7,9-11H2,1-2H3,(H2,16,17,19)/t12-,13-/m1/s1. The summed E-state index contributed by atoms with van der Waals surface area (Å²) in [5.74, 6) is 1.23. The number of amides is 2. The van der Waals surface area contributed by atoms with Gasteiger partial charge in [-0.25, -0.2) is 4.79 Å². The molecular formula is C15H25N3O3. The Labute approximate surface area is 125 Å². The van der Waals surface area contributed by atoms with Gasteiger partial charge in [0.1, 0.15) is 11.8 Å². The smallest absolute Gasteiger partial charge is 0.315 e. The quantitative estimate of drug-likeness (QED) is 0.837. The lowest BCUT2D eigenvalue weighted by atomic mass is 9.99. The van der Waals surface area contributed by atoms with Crippen LogP contribution in [0.15, 0.2) is 22.8 Å². The van der Waals surface area contributed by atoms with Crippen LogP contribution >= 0.6 is 0 Å². The molecule has 0 aliphatic carbocycles. The molecule has 0 unspecified atom stereocenters. The molecule has 0 spiro atoms. The number of hydrogen-bond donors (Lipinski definition) is 2. The van der Waals surface area contributed by atoms with Crippen molar-refractivity contribution in [3.63, 3.8) is 0 Å². The number of methoxy groups -OCH3 is 1. The van der Waals surface area contributed by atoms with Crippen molar-refractivity contribution >= 4 is 6.03 Å². The Morgan fingerprint density at radius 2 is 2.48 bits per heavy atom. The van der Waals surface area contributed by atoms with Crippen molar-refractivity contribution in [3.05, 3.63) is 24.2 Å². The maximum atomic E-state index is 12.0. The Morgan fingerprint density at radius 3 is 3.14 bits per heavy atom. The summed E-state index contributed by atoms with van der Waals surface area (Å²) in [7, 11) is 3.73. The van der Waals surface area contributed by atoms with Gasteiger partial charge in [-0.2, -0.15) is 0 Å². The minimum atomic E-state index is -0.265. The van der Waals surface area contributed by atoms with Crippen LogP contribution in [0, 0.1) is 5.92 Å². The van der Waals surface area contributed by atoms with Gasteiger partial charge in [-0.05, 0) is 44.5 Å². The topological polar surface area (TPSA) is 66.7 Å². The molecule has 1 saturated heterocycles. The highest BCUT2D eigenvalue weighted by Crippen LogP contribution is 2.15. The van der Waals surface area contributed by atoms with E-state index in [1.54, 1.807) is 19.4 Å². The van der Waals surface area contributed by atoms with Crippen molar-refractivity contribution in [3.8, 4) is 0 Å². The molecule has 1 aliphatic heterocycles. The predicted molar refractivity (Wildman–Crippen MR) is 80.1 cm³/mol. The first-order valence-corrected chi connectivity index (χ1v) is 7.44. The van der Waals surface area contributed by atoms with Crippen LogP contribution in [0.1, 0.15) is 24.6 Å². The van der Waals surface area contributed by atoms with Crippen molar-refractivity contribution < 1.29 is 13.9 Å². The molecule has 2 amide bonds. The molecule has 0 aromatic carbocycles. The summed E-state index contributed by atoms with van der Waals surface area (Å²) in [6, 6.07) is 3.19. The zero-order valence-electron chi connectivity index (χ0n) is 12.8. The highest BCUT2D eigenvalue weighted by molar-refractivity contribution is 5.74. The van der Waals surface area contributed by atoms with E-state index in [1.807, 2.05) is 6.07 Å². The summed E-state index contributed by atoms with van der Waals surface area (Å²) in [5.41, 5.74) is 0. The average Bonchev–Trinajstić information content (AvgIpc) is 2.99. The fourth-order valence-electron chi connectivity index (χ4n) is 2.74. The first-order valence-electron chi connectivity index (χ1n) is 7.44. The Balaban J connectivity index is 1.77. The van der Waals surface area contributed by atoms with Crippen molar-refractivity contribution in [2.75, 3.05) is 40.4 Å². The first-order chi connectivity index (χ1) is 10.2. The van der Waals surface area contributed by atoms with Crippen LogP contribution < -0.4 is 10.6 Å². The van der Waals surface area contributed by atoms with Crippen molar-refractivity contribution in [2.45, 2.75) is 18.9 Å². The van der Waals surface area contributed by atoms with Crippen LogP contribution in [0.3, 0.4) is 0 Å². The summed E-state index contributed by atoms with van der Waals surface area (Å²) in [6.07, 6.45) is 3.96. The van der Waals surface area contributed by atoms with E-state index >= 15 is 0 Å². The number of hydrogen-bond acceptors (Lipinski definition) is 4. The van der Waals surface area contributed by atoms with Crippen LogP contribution in [0.2, 0.25) is 0 Å². The molecule has 21 heavy (non-hydrogen) atoms. The number of nitrogens with zero attached hydrogens (tertiary/aromatic N) is 1. The average molecular weight is 295 g/mol. The number of carbonyl (C=O) groups is 1. The van der Waals surface area contributed by atoms with E-state index in [1.165, 1.54) is 12.8 Å². The van der Waals surface area contributed by atoms with Gasteiger partial charge in [-0.1, -0.05) is 0 Å². The molecule has 0 radical (unpaired) electrons. The summed E-state index contributed by atoms with van der Waals surface area (Å²) < 4.78 is 10.5. The minimum Gasteiger partial charge on any atom is -0.467 e. The van der Waals surface area contributed by atoms with E-state index in [2.05, 4.69) is 22.6 Å². The Bertz CT molecular complexity index is 422. The second-order valence-corrected chi connectivity index (χ2v) is 5.65. The van der Waals surface area contributed by atoms with Gasteiger partial charge in [0, 0.05) is 20.2 Å². The largest absolute Gasteiger partial charge is 0.467 e. The van der Waals surface area contributed by atoms with Gasteiger partial charge in [-0.3, -0.25) is 0 Å². The molecule has 1 aliphatic rings. The first kappa shape index (κ1) is 15.9. The van der Waals surface area contributed by atoms with E-state index in [0.717, 1.165) is 13.1 Å². The molecule has 6 heteroatoms. The zero-order chi connectivity index (χ0) is 15.1. The number of furan rings is 1. The molecule has 1 aromatic rings. The number of urea groups is 1. The second kappa shape index (κ2) is 8.05. The van der Waals surface area contributed by atoms with Gasteiger partial charge < -0.3 is 24.7 Å². The van der Waals surface area contributed by atoms with Gasteiger partial charge in [0.25, 0.3) is 0 Å². The zero-order valence-corrected chi connectivity index (χ0v) is 12.8. The number of rotatable bonds is 6. The van der Waals surface area contributed by atoms with E-state index in [4.69, 9.17) is 9.15 Å². The summed E-state index contributed by atoms with van der Waals surface area (Å²) in [6.45, 7) is 3.28. The molecule has 2 heterocycles. The maximum absolute atomic E-state index is 12.0. The fourth-order valence-corrected chi connectivity index (χ4v) is 2.74. The van der Waals surface area contributed by atoms with Crippen molar-refractivity contribution in [2.24, 2.45) is 5.92 Å². The van der Waals surface area contributed by atoms with Crippen LogP contribution in [0.25, 0.3) is 0 Å². The molecule has 1 fully saturated rings. The number of nitrogens with one attached hydrogen (secondary N) is 2. The maximum Gasteiger partial charge on any atom is 0.315 e. The van der Waals surface area contributed by atoms with E-state index in [-0.39, 0.29) is 12.1 Å². The molecule has 2 rings (SSSR count). The van der Waals surface area contributed by atoms with Crippen LogP contribution in [-0.2, 0) is 4.74 Å². The molecule has 2 atom stereocenters. The van der Waals surface area contributed by atoms with Gasteiger partial charge >= 0.3 is 6.03 Å². The van der Waals surface area contributed by atoms with Gasteiger partial charge in [0.2, 0.25) is 0 Å². The summed E-state index contributed by atoms with van der Waals surface area (Å²) in [5, 5.41) is 5.84. The van der Waals surface area contributed by atoms with Crippen molar-refractivity contribution in [1.82, 2.24) is 15.5 Å². The number of piperidine rings is 1. The lowest BCUT2D eigenvalue weighted by Gasteiger charge is -2.29. The lowest BCUT2D eigenvalue weighted by Crippen LogP contribution is -2.44.